The quantitative estimate of drug-likeness (QED) is 0.322. The van der Waals surface area contributed by atoms with Gasteiger partial charge in [-0.2, -0.15) is 5.10 Å². The van der Waals surface area contributed by atoms with Crippen molar-refractivity contribution >= 4 is 22.1 Å². The number of nitrogens with one attached hydrogen (secondary N) is 1. The van der Waals surface area contributed by atoms with Gasteiger partial charge in [0.2, 0.25) is 0 Å². The zero-order valence-corrected chi connectivity index (χ0v) is 22.0. The van der Waals surface area contributed by atoms with Crippen molar-refractivity contribution in [3.8, 4) is 28.1 Å². The van der Waals surface area contributed by atoms with E-state index in [4.69, 9.17) is 9.72 Å². The van der Waals surface area contributed by atoms with Crippen LogP contribution >= 0.6 is 0 Å². The summed E-state index contributed by atoms with van der Waals surface area (Å²) in [5, 5.41) is 5.62. The van der Waals surface area contributed by atoms with Crippen molar-refractivity contribution < 1.29 is 4.74 Å². The Labute approximate surface area is 224 Å². The highest BCUT2D eigenvalue weighted by Crippen LogP contribution is 2.42. The van der Waals surface area contributed by atoms with E-state index < -0.39 is 0 Å². The van der Waals surface area contributed by atoms with Crippen molar-refractivity contribution in [3.05, 3.63) is 83.4 Å². The first-order valence-corrected chi connectivity index (χ1v) is 13.3. The van der Waals surface area contributed by atoms with Crippen LogP contribution in [0.2, 0.25) is 0 Å². The lowest BCUT2D eigenvalue weighted by Gasteiger charge is -2.13. The average Bonchev–Trinajstić information content (AvgIpc) is 3.76. The van der Waals surface area contributed by atoms with Crippen molar-refractivity contribution in [2.45, 2.75) is 38.3 Å². The van der Waals surface area contributed by atoms with Gasteiger partial charge in [0.25, 0.3) is 0 Å². The van der Waals surface area contributed by atoms with Gasteiger partial charge in [-0.05, 0) is 48.2 Å². The maximum absolute atomic E-state index is 13.6. The fraction of sp³-hybridized carbons (Fsp3) is 0.267. The number of nitrogens with zero attached hydrogens (tertiary/aromatic N) is 6. The normalized spacial score (nSPS) is 14.1. The molecule has 1 aliphatic rings. The lowest BCUT2D eigenvalue weighted by molar-refractivity contribution is 0.415. The second-order valence-electron chi connectivity index (χ2n) is 10.3. The predicted octanol–water partition coefficient (Wildman–Crippen LogP) is 5.31. The van der Waals surface area contributed by atoms with Gasteiger partial charge in [-0.3, -0.25) is 18.8 Å². The Hall–Kier alpha value is -4.66. The van der Waals surface area contributed by atoms with Crippen LogP contribution in [0.5, 0.6) is 5.75 Å². The summed E-state index contributed by atoms with van der Waals surface area (Å²) in [6.07, 6.45) is 13.6. The first-order valence-electron chi connectivity index (χ1n) is 13.3. The number of fused-ring (bicyclic) bond motifs is 3. The molecule has 9 nitrogen and oxygen atoms in total. The second kappa shape index (κ2) is 9.27. The van der Waals surface area contributed by atoms with Crippen LogP contribution in [0.25, 0.3) is 44.5 Å². The van der Waals surface area contributed by atoms with Crippen molar-refractivity contribution in [1.82, 2.24) is 33.9 Å². The maximum atomic E-state index is 13.6. The number of aromatic nitrogens is 7. The van der Waals surface area contributed by atoms with Crippen LogP contribution in [0, 0.1) is 0 Å². The number of ether oxygens (including phenoxy) is 1. The Morgan fingerprint density at radius 2 is 1.79 bits per heavy atom. The molecule has 7 rings (SSSR count). The van der Waals surface area contributed by atoms with Crippen LogP contribution in [-0.2, 0) is 13.6 Å². The van der Waals surface area contributed by atoms with Crippen LogP contribution in [-0.4, -0.2) is 41.0 Å². The minimum Gasteiger partial charge on any atom is -0.497 e. The minimum absolute atomic E-state index is 0.0137. The molecule has 0 aliphatic heterocycles. The molecule has 0 unspecified atom stereocenters. The van der Waals surface area contributed by atoms with Gasteiger partial charge in [-0.25, -0.2) is 9.78 Å². The number of hydrogen-bond donors (Lipinski definition) is 1. The lowest BCUT2D eigenvalue weighted by atomic mass is 9.99. The van der Waals surface area contributed by atoms with E-state index in [-0.39, 0.29) is 11.7 Å². The molecule has 196 valence electrons. The van der Waals surface area contributed by atoms with Crippen molar-refractivity contribution in [2.75, 3.05) is 7.11 Å². The van der Waals surface area contributed by atoms with E-state index in [1.807, 2.05) is 59.2 Å². The van der Waals surface area contributed by atoms with E-state index in [1.54, 1.807) is 24.1 Å². The van der Waals surface area contributed by atoms with Crippen molar-refractivity contribution in [2.24, 2.45) is 7.05 Å². The Morgan fingerprint density at radius 3 is 2.54 bits per heavy atom. The zero-order valence-electron chi connectivity index (χ0n) is 22.0. The van der Waals surface area contributed by atoms with E-state index in [9.17, 15) is 4.79 Å². The van der Waals surface area contributed by atoms with Gasteiger partial charge < -0.3 is 9.72 Å². The summed E-state index contributed by atoms with van der Waals surface area (Å²) < 4.78 is 11.1. The van der Waals surface area contributed by atoms with Gasteiger partial charge in [0, 0.05) is 42.8 Å². The first-order chi connectivity index (χ1) is 19.1. The largest absolute Gasteiger partial charge is 0.497 e. The molecular formula is C30H29N7O2. The monoisotopic (exact) mass is 519 g/mol. The predicted molar refractivity (Wildman–Crippen MR) is 151 cm³/mol. The Bertz CT molecular complexity index is 1850. The summed E-state index contributed by atoms with van der Waals surface area (Å²) >= 11 is 0. The van der Waals surface area contributed by atoms with Crippen molar-refractivity contribution in [3.63, 3.8) is 0 Å². The third-order valence-corrected chi connectivity index (χ3v) is 7.96. The molecule has 1 fully saturated rings. The van der Waals surface area contributed by atoms with E-state index >= 15 is 0 Å². The Kier molecular flexibility index (Phi) is 5.57. The SMILES string of the molecule is COc1ccc(-c2c(-c3cnn(Cc4ccncc4)c3)[nH]c3ncc4c(c23)n(C2CCCC2)c(=O)n4C)cc1. The molecule has 0 saturated heterocycles. The molecule has 0 radical (unpaired) electrons. The number of H-pyrrole nitrogens is 1. The van der Waals surface area contributed by atoms with Gasteiger partial charge in [0.1, 0.15) is 11.4 Å². The number of pyridine rings is 2. The fourth-order valence-electron chi connectivity index (χ4n) is 6.00. The number of aromatic amines is 1. The van der Waals surface area contributed by atoms with Crippen molar-refractivity contribution in [1.29, 1.82) is 0 Å². The van der Waals surface area contributed by atoms with Crippen LogP contribution in [0.4, 0.5) is 0 Å². The molecule has 1 aliphatic carbocycles. The van der Waals surface area contributed by atoms with Gasteiger partial charge in [0.05, 0.1) is 48.2 Å². The molecule has 5 heterocycles. The molecular weight excluding hydrogens is 490 g/mol. The second-order valence-corrected chi connectivity index (χ2v) is 10.3. The molecule has 0 bridgehead atoms. The molecule has 0 atom stereocenters. The highest BCUT2D eigenvalue weighted by atomic mass is 16.5. The average molecular weight is 520 g/mol. The summed E-state index contributed by atoms with van der Waals surface area (Å²) in [4.78, 5) is 26.1. The van der Waals surface area contributed by atoms with Crippen LogP contribution in [0.1, 0.15) is 37.3 Å². The molecule has 1 aromatic carbocycles. The number of rotatable bonds is 6. The summed E-state index contributed by atoms with van der Waals surface area (Å²) in [6.45, 7) is 0.642. The highest BCUT2D eigenvalue weighted by Gasteiger charge is 2.27. The summed E-state index contributed by atoms with van der Waals surface area (Å²) in [5.41, 5.74) is 7.57. The third-order valence-electron chi connectivity index (χ3n) is 7.96. The first kappa shape index (κ1) is 23.5. The molecule has 5 aromatic heterocycles. The molecule has 1 saturated carbocycles. The summed E-state index contributed by atoms with van der Waals surface area (Å²) in [5.74, 6) is 0.788. The molecule has 6 aromatic rings. The van der Waals surface area contributed by atoms with Gasteiger partial charge in [0.15, 0.2) is 0 Å². The number of methoxy groups -OCH3 is 1. The van der Waals surface area contributed by atoms with E-state index in [0.29, 0.717) is 6.54 Å². The Morgan fingerprint density at radius 1 is 1.03 bits per heavy atom. The Balaban J connectivity index is 1.49. The molecule has 0 amide bonds. The number of benzene rings is 1. The van der Waals surface area contributed by atoms with E-state index in [2.05, 4.69) is 27.2 Å². The summed E-state index contributed by atoms with van der Waals surface area (Å²) in [7, 11) is 3.51. The van der Waals surface area contributed by atoms with E-state index in [0.717, 1.165) is 81.4 Å². The van der Waals surface area contributed by atoms with Gasteiger partial charge in [-0.15, -0.1) is 0 Å². The zero-order chi connectivity index (χ0) is 26.5. The van der Waals surface area contributed by atoms with E-state index in [1.165, 1.54) is 0 Å². The van der Waals surface area contributed by atoms with Crippen LogP contribution in [0.3, 0.4) is 0 Å². The molecule has 0 spiro atoms. The molecule has 9 heteroatoms. The fourth-order valence-corrected chi connectivity index (χ4v) is 6.00. The smallest absolute Gasteiger partial charge is 0.329 e. The minimum atomic E-state index is 0.0137. The number of imidazole rings is 1. The molecule has 39 heavy (non-hydrogen) atoms. The number of hydrogen-bond acceptors (Lipinski definition) is 5. The molecule has 1 N–H and O–H groups in total. The van der Waals surface area contributed by atoms with Gasteiger partial charge in [-0.1, -0.05) is 25.0 Å². The summed E-state index contributed by atoms with van der Waals surface area (Å²) in [6, 6.07) is 12.2. The van der Waals surface area contributed by atoms with Crippen LogP contribution < -0.4 is 10.4 Å². The topological polar surface area (TPSA) is 95.6 Å². The lowest BCUT2D eigenvalue weighted by Crippen LogP contribution is -2.24. The number of aryl methyl sites for hydroxylation is 1. The maximum Gasteiger partial charge on any atom is 0.329 e. The standard InChI is InChI=1S/C30H29N7O2/c1-35-24-16-32-29-26(28(24)37(30(35)38)22-5-3-4-6-22)25(20-7-9-23(39-2)10-8-20)27(34-29)21-15-33-36(18-21)17-19-11-13-31-14-12-19/h7-16,18,22H,3-6,17H2,1-2H3,(H,32,34). The van der Waals surface area contributed by atoms with Crippen LogP contribution in [0.15, 0.2) is 72.2 Å². The highest BCUT2D eigenvalue weighted by molar-refractivity contribution is 6.14. The van der Waals surface area contributed by atoms with Gasteiger partial charge >= 0.3 is 5.69 Å². The third kappa shape index (κ3) is 3.84.